The van der Waals surface area contributed by atoms with Crippen molar-refractivity contribution in [3.8, 4) is 5.75 Å². The maximum absolute atomic E-state index is 12.1. The average Bonchev–Trinajstić information content (AvgIpc) is 2.33. The van der Waals surface area contributed by atoms with E-state index in [1.165, 1.54) is 6.07 Å². The fraction of sp³-hybridized carbons (Fsp3) is 0.562. The van der Waals surface area contributed by atoms with Crippen molar-refractivity contribution in [3.63, 3.8) is 0 Å². The molecule has 0 aliphatic heterocycles. The molecular formula is C16H26N2O2. The van der Waals surface area contributed by atoms with Crippen LogP contribution in [0, 0.1) is 6.92 Å². The number of amides is 1. The summed E-state index contributed by atoms with van der Waals surface area (Å²) in [7, 11) is 0. The van der Waals surface area contributed by atoms with Gasteiger partial charge in [-0.2, -0.15) is 0 Å². The Labute approximate surface area is 121 Å². The number of nitrogens with zero attached hydrogens (tertiary/aromatic N) is 1. The Morgan fingerprint density at radius 2 is 1.85 bits per heavy atom. The van der Waals surface area contributed by atoms with Gasteiger partial charge in [-0.15, -0.1) is 0 Å². The first-order valence-electron chi connectivity index (χ1n) is 7.16. The molecule has 0 fully saturated rings. The maximum Gasteiger partial charge on any atom is 0.251 e. The van der Waals surface area contributed by atoms with E-state index in [0.717, 1.165) is 12.1 Å². The zero-order valence-electron chi connectivity index (χ0n) is 13.1. The topological polar surface area (TPSA) is 52.6 Å². The number of aryl methyl sites for hydroxylation is 1. The van der Waals surface area contributed by atoms with E-state index in [4.69, 9.17) is 0 Å². The van der Waals surface area contributed by atoms with Gasteiger partial charge in [-0.25, -0.2) is 0 Å². The van der Waals surface area contributed by atoms with Crippen LogP contribution in [0.15, 0.2) is 18.2 Å². The largest absolute Gasteiger partial charge is 0.508 e. The van der Waals surface area contributed by atoms with Crippen molar-refractivity contribution in [2.45, 2.75) is 46.7 Å². The van der Waals surface area contributed by atoms with E-state index >= 15 is 0 Å². The molecule has 0 spiro atoms. The first-order chi connectivity index (χ1) is 9.32. The molecule has 20 heavy (non-hydrogen) atoms. The molecule has 0 aliphatic carbocycles. The maximum atomic E-state index is 12.1. The molecule has 1 aromatic carbocycles. The van der Waals surface area contributed by atoms with Gasteiger partial charge in [0.05, 0.1) is 0 Å². The van der Waals surface area contributed by atoms with Gasteiger partial charge >= 0.3 is 0 Å². The van der Waals surface area contributed by atoms with E-state index in [0.29, 0.717) is 24.2 Å². The molecule has 4 nitrogen and oxygen atoms in total. The van der Waals surface area contributed by atoms with Gasteiger partial charge in [-0.05, 0) is 58.4 Å². The van der Waals surface area contributed by atoms with Crippen molar-refractivity contribution in [1.82, 2.24) is 10.2 Å². The van der Waals surface area contributed by atoms with Crippen molar-refractivity contribution in [2.75, 3.05) is 13.1 Å². The molecule has 0 bridgehead atoms. The van der Waals surface area contributed by atoms with E-state index in [1.807, 2.05) is 6.92 Å². The Hall–Kier alpha value is -1.55. The molecule has 0 saturated carbocycles. The van der Waals surface area contributed by atoms with Crippen LogP contribution in [0.25, 0.3) is 0 Å². The fourth-order valence-electron chi connectivity index (χ4n) is 2.41. The number of phenolic OH excluding ortho intramolecular Hbond substituents is 1. The molecular weight excluding hydrogens is 252 g/mol. The fourth-order valence-corrected chi connectivity index (χ4v) is 2.41. The van der Waals surface area contributed by atoms with Crippen LogP contribution in [-0.2, 0) is 0 Å². The molecule has 1 rings (SSSR count). The Morgan fingerprint density at radius 1 is 1.25 bits per heavy atom. The molecule has 1 aromatic rings. The third-order valence-electron chi connectivity index (χ3n) is 3.44. The highest BCUT2D eigenvalue weighted by Crippen LogP contribution is 2.15. The van der Waals surface area contributed by atoms with Gasteiger partial charge in [0.1, 0.15) is 5.75 Å². The Bertz CT molecular complexity index is 448. The van der Waals surface area contributed by atoms with E-state index < -0.39 is 0 Å². The van der Waals surface area contributed by atoms with Crippen LogP contribution >= 0.6 is 0 Å². The predicted molar refractivity (Wildman–Crippen MR) is 82.2 cm³/mol. The lowest BCUT2D eigenvalue weighted by Crippen LogP contribution is -2.42. The predicted octanol–water partition coefficient (Wildman–Crippen LogP) is 2.55. The molecule has 0 heterocycles. The summed E-state index contributed by atoms with van der Waals surface area (Å²) in [6.07, 6.45) is 0. The van der Waals surface area contributed by atoms with Gasteiger partial charge in [0.2, 0.25) is 0 Å². The van der Waals surface area contributed by atoms with E-state index in [1.54, 1.807) is 12.1 Å². The van der Waals surface area contributed by atoms with Crippen molar-refractivity contribution in [2.24, 2.45) is 0 Å². The smallest absolute Gasteiger partial charge is 0.251 e. The van der Waals surface area contributed by atoms with Crippen LogP contribution in [0.4, 0.5) is 0 Å². The summed E-state index contributed by atoms with van der Waals surface area (Å²) in [4.78, 5) is 14.4. The third kappa shape index (κ3) is 4.53. The molecule has 0 aliphatic rings. The van der Waals surface area contributed by atoms with E-state index in [2.05, 4.69) is 37.9 Å². The highest BCUT2D eigenvalue weighted by Gasteiger charge is 2.14. The first kappa shape index (κ1) is 16.5. The highest BCUT2D eigenvalue weighted by atomic mass is 16.3. The summed E-state index contributed by atoms with van der Waals surface area (Å²) >= 11 is 0. The minimum Gasteiger partial charge on any atom is -0.508 e. The van der Waals surface area contributed by atoms with Crippen LogP contribution in [-0.4, -0.2) is 41.1 Å². The second-order valence-electron chi connectivity index (χ2n) is 5.68. The van der Waals surface area contributed by atoms with Crippen LogP contribution in [0.2, 0.25) is 0 Å². The van der Waals surface area contributed by atoms with Gasteiger partial charge in [0, 0.05) is 30.7 Å². The lowest BCUT2D eigenvalue weighted by molar-refractivity contribution is 0.0939. The summed E-state index contributed by atoms with van der Waals surface area (Å²) < 4.78 is 0. The summed E-state index contributed by atoms with van der Waals surface area (Å²) in [5.41, 5.74) is 1.40. The first-order valence-corrected chi connectivity index (χ1v) is 7.16. The number of carbonyl (C=O) groups excluding carboxylic acids is 1. The standard InChI is InChI=1S/C16H26N2O2/c1-11(2)18(12(3)4)9-8-17-16(20)15-7-6-14(19)10-13(15)5/h6-7,10-12,19H,8-9H2,1-5H3,(H,17,20). The molecule has 1 amide bonds. The molecule has 0 aromatic heterocycles. The Morgan fingerprint density at radius 3 is 2.35 bits per heavy atom. The lowest BCUT2D eigenvalue weighted by Gasteiger charge is -2.30. The van der Waals surface area contributed by atoms with Gasteiger partial charge in [0.15, 0.2) is 0 Å². The van der Waals surface area contributed by atoms with Crippen molar-refractivity contribution >= 4 is 5.91 Å². The SMILES string of the molecule is Cc1cc(O)ccc1C(=O)NCCN(C(C)C)C(C)C. The molecule has 0 radical (unpaired) electrons. The van der Waals surface area contributed by atoms with Gasteiger partial charge in [0.25, 0.3) is 5.91 Å². The normalized spacial score (nSPS) is 11.4. The Kier molecular flexibility index (Phi) is 6.02. The summed E-state index contributed by atoms with van der Waals surface area (Å²) in [6.45, 7) is 11.9. The van der Waals surface area contributed by atoms with Crippen molar-refractivity contribution in [1.29, 1.82) is 0 Å². The second kappa shape index (κ2) is 7.29. The number of hydrogen-bond donors (Lipinski definition) is 2. The minimum atomic E-state index is -0.0880. The Balaban J connectivity index is 2.55. The summed E-state index contributed by atoms with van der Waals surface area (Å²) in [6, 6.07) is 5.72. The number of rotatable bonds is 6. The van der Waals surface area contributed by atoms with Crippen LogP contribution in [0.5, 0.6) is 5.75 Å². The van der Waals surface area contributed by atoms with Crippen molar-refractivity contribution < 1.29 is 9.90 Å². The highest BCUT2D eigenvalue weighted by molar-refractivity contribution is 5.95. The number of benzene rings is 1. The zero-order chi connectivity index (χ0) is 15.3. The monoisotopic (exact) mass is 278 g/mol. The van der Waals surface area contributed by atoms with Gasteiger partial charge in [-0.1, -0.05) is 0 Å². The lowest BCUT2D eigenvalue weighted by atomic mass is 10.1. The summed E-state index contributed by atoms with van der Waals surface area (Å²) in [5.74, 6) is 0.0970. The van der Waals surface area contributed by atoms with Gasteiger partial charge < -0.3 is 10.4 Å². The van der Waals surface area contributed by atoms with Gasteiger partial charge in [-0.3, -0.25) is 9.69 Å². The zero-order valence-corrected chi connectivity index (χ0v) is 13.1. The second-order valence-corrected chi connectivity index (χ2v) is 5.68. The molecule has 4 heteroatoms. The van der Waals surface area contributed by atoms with E-state index in [9.17, 15) is 9.90 Å². The minimum absolute atomic E-state index is 0.0880. The van der Waals surface area contributed by atoms with Crippen LogP contribution in [0.1, 0.15) is 43.6 Å². The van der Waals surface area contributed by atoms with Crippen LogP contribution < -0.4 is 5.32 Å². The van der Waals surface area contributed by atoms with Crippen LogP contribution in [0.3, 0.4) is 0 Å². The average molecular weight is 278 g/mol. The van der Waals surface area contributed by atoms with Crippen molar-refractivity contribution in [3.05, 3.63) is 29.3 Å². The summed E-state index contributed by atoms with van der Waals surface area (Å²) in [5, 5.41) is 12.3. The number of carbonyl (C=O) groups is 1. The molecule has 0 unspecified atom stereocenters. The number of nitrogens with one attached hydrogen (secondary N) is 1. The number of phenols is 1. The molecule has 2 N–H and O–H groups in total. The molecule has 0 atom stereocenters. The van der Waals surface area contributed by atoms with E-state index in [-0.39, 0.29) is 11.7 Å². The number of hydrogen-bond acceptors (Lipinski definition) is 3. The number of aromatic hydroxyl groups is 1. The molecule has 112 valence electrons. The third-order valence-corrected chi connectivity index (χ3v) is 3.44. The quantitative estimate of drug-likeness (QED) is 0.841. The molecule has 0 saturated heterocycles.